The van der Waals surface area contributed by atoms with Crippen LogP contribution in [0.1, 0.15) is 50.2 Å². The summed E-state index contributed by atoms with van der Waals surface area (Å²) in [6, 6.07) is 9.70. The Morgan fingerprint density at radius 2 is 1.88 bits per heavy atom. The maximum atomic E-state index is 3.60. The Balaban J connectivity index is 1.87. The molecule has 1 N–H and O–H groups in total. The maximum Gasteiger partial charge on any atom is 0.0210 e. The highest BCUT2D eigenvalue weighted by Gasteiger charge is 2.20. The van der Waals surface area contributed by atoms with Gasteiger partial charge in [-0.05, 0) is 36.8 Å². The fourth-order valence-electron chi connectivity index (χ4n) is 2.08. The topological polar surface area (TPSA) is 12.0 Å². The molecule has 1 heteroatoms. The molecule has 0 heterocycles. The molecule has 16 heavy (non-hydrogen) atoms. The third-order valence-corrected chi connectivity index (χ3v) is 3.33. The molecule has 0 aliphatic heterocycles. The van der Waals surface area contributed by atoms with Crippen molar-refractivity contribution in [2.45, 2.75) is 58.0 Å². The van der Waals surface area contributed by atoms with Crippen LogP contribution in [0, 0.1) is 0 Å². The molecule has 1 aromatic rings. The zero-order valence-corrected chi connectivity index (χ0v) is 10.3. The van der Waals surface area contributed by atoms with Gasteiger partial charge < -0.3 is 5.32 Å². The Bertz CT molecular complexity index is 315. The normalized spacial score (nSPS) is 15.3. The lowest BCUT2D eigenvalue weighted by Gasteiger charge is -2.09. The number of hydrogen-bond acceptors (Lipinski definition) is 1. The zero-order valence-electron chi connectivity index (χ0n) is 10.3. The van der Waals surface area contributed by atoms with Gasteiger partial charge in [0.05, 0.1) is 0 Å². The first-order valence-electron chi connectivity index (χ1n) is 6.70. The third-order valence-electron chi connectivity index (χ3n) is 3.33. The van der Waals surface area contributed by atoms with Gasteiger partial charge in [0.25, 0.3) is 0 Å². The van der Waals surface area contributed by atoms with Crippen LogP contribution in [0.4, 0.5) is 0 Å². The first kappa shape index (κ1) is 11.7. The van der Waals surface area contributed by atoms with Crippen LogP contribution >= 0.6 is 0 Å². The SMILES string of the molecule is CCCCCc1ccccc1CNC1CC1. The molecule has 1 aliphatic rings. The Hall–Kier alpha value is -0.820. The van der Waals surface area contributed by atoms with Gasteiger partial charge in [-0.3, -0.25) is 0 Å². The van der Waals surface area contributed by atoms with Gasteiger partial charge in [-0.25, -0.2) is 0 Å². The Kier molecular flexibility index (Phi) is 4.41. The molecule has 1 aliphatic carbocycles. The largest absolute Gasteiger partial charge is 0.310 e. The van der Waals surface area contributed by atoms with Crippen molar-refractivity contribution in [3.63, 3.8) is 0 Å². The van der Waals surface area contributed by atoms with Gasteiger partial charge in [-0.2, -0.15) is 0 Å². The monoisotopic (exact) mass is 217 g/mol. The van der Waals surface area contributed by atoms with E-state index in [1.54, 1.807) is 5.56 Å². The molecule has 0 unspecified atom stereocenters. The molecule has 1 fully saturated rings. The summed E-state index contributed by atoms with van der Waals surface area (Å²) >= 11 is 0. The summed E-state index contributed by atoms with van der Waals surface area (Å²) in [5.74, 6) is 0. The summed E-state index contributed by atoms with van der Waals surface area (Å²) in [7, 11) is 0. The summed E-state index contributed by atoms with van der Waals surface area (Å²) in [6.07, 6.45) is 7.98. The second kappa shape index (κ2) is 6.05. The molecule has 1 aromatic carbocycles. The van der Waals surface area contributed by atoms with Crippen molar-refractivity contribution in [2.75, 3.05) is 0 Å². The number of benzene rings is 1. The Morgan fingerprint density at radius 1 is 1.12 bits per heavy atom. The zero-order chi connectivity index (χ0) is 11.2. The van der Waals surface area contributed by atoms with Crippen molar-refractivity contribution in [1.82, 2.24) is 5.32 Å². The lowest BCUT2D eigenvalue weighted by atomic mass is 10.0. The van der Waals surface area contributed by atoms with Gasteiger partial charge in [-0.15, -0.1) is 0 Å². The van der Waals surface area contributed by atoms with Gasteiger partial charge in [-0.1, -0.05) is 44.0 Å². The first-order valence-corrected chi connectivity index (χ1v) is 6.70. The molecule has 0 atom stereocenters. The summed E-state index contributed by atoms with van der Waals surface area (Å²) < 4.78 is 0. The van der Waals surface area contributed by atoms with E-state index in [4.69, 9.17) is 0 Å². The van der Waals surface area contributed by atoms with Crippen molar-refractivity contribution < 1.29 is 0 Å². The standard InChI is InChI=1S/C15H23N/c1-2-3-4-7-13-8-5-6-9-14(13)12-16-15-10-11-15/h5-6,8-9,15-16H,2-4,7,10-12H2,1H3. The molecule has 0 radical (unpaired) electrons. The van der Waals surface area contributed by atoms with Crippen molar-refractivity contribution in [2.24, 2.45) is 0 Å². The number of unbranched alkanes of at least 4 members (excludes halogenated alkanes) is 2. The average Bonchev–Trinajstić information content (AvgIpc) is 3.12. The average molecular weight is 217 g/mol. The third kappa shape index (κ3) is 3.64. The van der Waals surface area contributed by atoms with Crippen LogP contribution in [-0.2, 0) is 13.0 Å². The van der Waals surface area contributed by atoms with Crippen molar-refractivity contribution in [1.29, 1.82) is 0 Å². The quantitative estimate of drug-likeness (QED) is 0.687. The van der Waals surface area contributed by atoms with Crippen LogP contribution in [0.5, 0.6) is 0 Å². The van der Waals surface area contributed by atoms with Crippen LogP contribution < -0.4 is 5.32 Å². The predicted octanol–water partition coefficient (Wildman–Crippen LogP) is 3.67. The number of hydrogen-bond donors (Lipinski definition) is 1. The van der Waals surface area contributed by atoms with E-state index in [0.717, 1.165) is 12.6 Å². The second-order valence-corrected chi connectivity index (χ2v) is 4.88. The fraction of sp³-hybridized carbons (Fsp3) is 0.600. The molecular weight excluding hydrogens is 194 g/mol. The summed E-state index contributed by atoms with van der Waals surface area (Å²) in [6.45, 7) is 3.33. The number of rotatable bonds is 7. The smallest absolute Gasteiger partial charge is 0.0210 e. The molecule has 2 rings (SSSR count). The summed E-state index contributed by atoms with van der Waals surface area (Å²) in [4.78, 5) is 0. The molecule has 0 saturated heterocycles. The summed E-state index contributed by atoms with van der Waals surface area (Å²) in [5, 5.41) is 3.60. The van der Waals surface area contributed by atoms with E-state index in [2.05, 4.69) is 36.5 Å². The molecule has 1 nitrogen and oxygen atoms in total. The van der Waals surface area contributed by atoms with Crippen LogP contribution in [0.2, 0.25) is 0 Å². The van der Waals surface area contributed by atoms with Gasteiger partial charge in [0.2, 0.25) is 0 Å². The van der Waals surface area contributed by atoms with Crippen LogP contribution in [0.15, 0.2) is 24.3 Å². The van der Waals surface area contributed by atoms with E-state index in [1.807, 2.05) is 0 Å². The van der Waals surface area contributed by atoms with Crippen LogP contribution in [0.25, 0.3) is 0 Å². The molecule has 0 amide bonds. The van der Waals surface area contributed by atoms with Gasteiger partial charge in [0.1, 0.15) is 0 Å². The van der Waals surface area contributed by atoms with Crippen LogP contribution in [-0.4, -0.2) is 6.04 Å². The van der Waals surface area contributed by atoms with E-state index >= 15 is 0 Å². The van der Waals surface area contributed by atoms with E-state index in [1.165, 1.54) is 44.1 Å². The van der Waals surface area contributed by atoms with Gasteiger partial charge >= 0.3 is 0 Å². The van der Waals surface area contributed by atoms with E-state index in [-0.39, 0.29) is 0 Å². The minimum absolute atomic E-state index is 0.809. The Morgan fingerprint density at radius 3 is 2.56 bits per heavy atom. The Labute approximate surface area is 99.3 Å². The van der Waals surface area contributed by atoms with Gasteiger partial charge in [0.15, 0.2) is 0 Å². The van der Waals surface area contributed by atoms with Crippen LogP contribution in [0.3, 0.4) is 0 Å². The number of aryl methyl sites for hydroxylation is 1. The minimum atomic E-state index is 0.809. The summed E-state index contributed by atoms with van der Waals surface area (Å²) in [5.41, 5.74) is 3.05. The second-order valence-electron chi connectivity index (χ2n) is 4.88. The van der Waals surface area contributed by atoms with Gasteiger partial charge in [0, 0.05) is 12.6 Å². The lowest BCUT2D eigenvalue weighted by Crippen LogP contribution is -2.16. The molecule has 0 spiro atoms. The molecule has 88 valence electrons. The fourth-order valence-corrected chi connectivity index (χ4v) is 2.08. The highest BCUT2D eigenvalue weighted by molar-refractivity contribution is 5.27. The first-order chi connectivity index (χ1) is 7.90. The maximum absolute atomic E-state index is 3.60. The highest BCUT2D eigenvalue weighted by atomic mass is 14.9. The molecule has 1 saturated carbocycles. The van der Waals surface area contributed by atoms with Crippen molar-refractivity contribution >= 4 is 0 Å². The lowest BCUT2D eigenvalue weighted by molar-refractivity contribution is 0.670. The highest BCUT2D eigenvalue weighted by Crippen LogP contribution is 2.20. The predicted molar refractivity (Wildman–Crippen MR) is 69.5 cm³/mol. The number of nitrogens with one attached hydrogen (secondary N) is 1. The van der Waals surface area contributed by atoms with E-state index in [9.17, 15) is 0 Å². The molecular formula is C15H23N. The van der Waals surface area contributed by atoms with E-state index in [0.29, 0.717) is 0 Å². The molecule has 0 aromatic heterocycles. The minimum Gasteiger partial charge on any atom is -0.310 e. The van der Waals surface area contributed by atoms with E-state index < -0.39 is 0 Å². The van der Waals surface area contributed by atoms with Crippen molar-refractivity contribution in [3.05, 3.63) is 35.4 Å². The molecule has 0 bridgehead atoms. The van der Waals surface area contributed by atoms with Crippen molar-refractivity contribution in [3.8, 4) is 0 Å².